The maximum absolute atomic E-state index is 11.9. The molecular formula is C12H16O6. The van der Waals surface area contributed by atoms with Gasteiger partial charge in [0.2, 0.25) is 5.60 Å². The van der Waals surface area contributed by atoms with Crippen molar-refractivity contribution in [1.82, 2.24) is 0 Å². The van der Waals surface area contributed by atoms with Crippen LogP contribution >= 0.6 is 0 Å². The zero-order valence-electron chi connectivity index (χ0n) is 10.7. The lowest BCUT2D eigenvalue weighted by atomic mass is 9.73. The third-order valence-corrected chi connectivity index (χ3v) is 2.96. The first kappa shape index (κ1) is 14.2. The fourth-order valence-electron chi connectivity index (χ4n) is 1.70. The highest BCUT2D eigenvalue weighted by Gasteiger charge is 2.59. The predicted octanol–water partition coefficient (Wildman–Crippen LogP) is 0.839. The highest BCUT2D eigenvalue weighted by molar-refractivity contribution is 5.90. The molecular weight excluding hydrogens is 240 g/mol. The van der Waals surface area contributed by atoms with Crippen molar-refractivity contribution in [3.05, 3.63) is 24.2 Å². The van der Waals surface area contributed by atoms with Gasteiger partial charge >= 0.3 is 11.9 Å². The SMILES string of the molecule is COC(=O)C(C)(C)C(O)(C(=O)OC)c1ccco1. The minimum atomic E-state index is -2.25. The molecule has 1 aromatic heterocycles. The van der Waals surface area contributed by atoms with E-state index in [9.17, 15) is 14.7 Å². The minimum absolute atomic E-state index is 0.0789. The Hall–Kier alpha value is -1.82. The minimum Gasteiger partial charge on any atom is -0.468 e. The summed E-state index contributed by atoms with van der Waals surface area (Å²) in [4.78, 5) is 23.6. The van der Waals surface area contributed by atoms with Crippen molar-refractivity contribution in [3.8, 4) is 0 Å². The Balaban J connectivity index is 3.39. The third kappa shape index (κ3) is 1.88. The summed E-state index contributed by atoms with van der Waals surface area (Å²) in [5.74, 6) is -1.83. The van der Waals surface area contributed by atoms with E-state index >= 15 is 0 Å². The molecule has 0 saturated heterocycles. The standard InChI is InChI=1S/C12H16O6/c1-11(2,9(13)16-3)12(15,10(14)17-4)8-6-5-7-18-8/h5-7,15H,1-4H3. The highest BCUT2D eigenvalue weighted by atomic mass is 16.6. The highest BCUT2D eigenvalue weighted by Crippen LogP contribution is 2.41. The maximum Gasteiger partial charge on any atom is 0.347 e. The summed E-state index contributed by atoms with van der Waals surface area (Å²) in [5.41, 5.74) is -3.81. The summed E-state index contributed by atoms with van der Waals surface area (Å²) < 4.78 is 14.2. The van der Waals surface area contributed by atoms with Gasteiger partial charge in [0.1, 0.15) is 11.2 Å². The Morgan fingerprint density at radius 1 is 1.22 bits per heavy atom. The number of carbonyl (C=O) groups excluding carboxylic acids is 2. The van der Waals surface area contributed by atoms with Crippen LogP contribution < -0.4 is 0 Å². The first-order chi connectivity index (χ1) is 8.32. The first-order valence-electron chi connectivity index (χ1n) is 5.25. The molecule has 0 spiro atoms. The van der Waals surface area contributed by atoms with Crippen LogP contribution in [0.5, 0.6) is 0 Å². The van der Waals surface area contributed by atoms with Gasteiger partial charge in [0, 0.05) is 0 Å². The summed E-state index contributed by atoms with van der Waals surface area (Å²) >= 11 is 0. The molecule has 0 radical (unpaired) electrons. The smallest absolute Gasteiger partial charge is 0.347 e. The van der Waals surface area contributed by atoms with Crippen LogP contribution in [-0.2, 0) is 24.7 Å². The van der Waals surface area contributed by atoms with Crippen LogP contribution in [0.3, 0.4) is 0 Å². The maximum atomic E-state index is 11.9. The van der Waals surface area contributed by atoms with Gasteiger partial charge in [0.05, 0.1) is 20.5 Å². The second kappa shape index (κ2) is 4.81. The van der Waals surface area contributed by atoms with Crippen LogP contribution in [0.2, 0.25) is 0 Å². The lowest BCUT2D eigenvalue weighted by Gasteiger charge is -2.35. The molecule has 18 heavy (non-hydrogen) atoms. The molecule has 0 aliphatic heterocycles. The second-order valence-corrected chi connectivity index (χ2v) is 4.30. The summed E-state index contributed by atoms with van der Waals surface area (Å²) in [6.07, 6.45) is 1.29. The lowest BCUT2D eigenvalue weighted by Crippen LogP contribution is -2.53. The van der Waals surface area contributed by atoms with Gasteiger partial charge in [-0.3, -0.25) is 4.79 Å². The molecule has 1 atom stereocenters. The molecule has 1 rings (SSSR count). The molecule has 6 nitrogen and oxygen atoms in total. The number of rotatable bonds is 4. The average molecular weight is 256 g/mol. The monoisotopic (exact) mass is 256 g/mol. The van der Waals surface area contributed by atoms with Gasteiger partial charge < -0.3 is 19.0 Å². The molecule has 1 unspecified atom stereocenters. The Morgan fingerprint density at radius 2 is 1.78 bits per heavy atom. The number of esters is 2. The van der Waals surface area contributed by atoms with Crippen molar-refractivity contribution in [2.75, 3.05) is 14.2 Å². The van der Waals surface area contributed by atoms with Crippen LogP contribution in [0.15, 0.2) is 22.8 Å². The average Bonchev–Trinajstić information content (AvgIpc) is 2.89. The summed E-state index contributed by atoms with van der Waals surface area (Å²) in [7, 11) is 2.29. The molecule has 1 aromatic rings. The summed E-state index contributed by atoms with van der Waals surface area (Å²) in [6.45, 7) is 2.75. The van der Waals surface area contributed by atoms with Gasteiger partial charge in [-0.1, -0.05) is 0 Å². The molecule has 0 amide bonds. The Labute approximate surface area is 104 Å². The number of hydrogen-bond donors (Lipinski definition) is 1. The van der Waals surface area contributed by atoms with Crippen molar-refractivity contribution < 1.29 is 28.6 Å². The largest absolute Gasteiger partial charge is 0.468 e. The molecule has 0 aliphatic rings. The van der Waals surface area contributed by atoms with Crippen molar-refractivity contribution in [3.63, 3.8) is 0 Å². The molecule has 6 heteroatoms. The Kier molecular flexibility index (Phi) is 3.81. The quantitative estimate of drug-likeness (QED) is 0.803. The summed E-state index contributed by atoms with van der Waals surface area (Å²) in [5, 5.41) is 10.6. The van der Waals surface area contributed by atoms with Crippen LogP contribution in [-0.4, -0.2) is 31.3 Å². The van der Waals surface area contributed by atoms with Crippen molar-refractivity contribution in [1.29, 1.82) is 0 Å². The zero-order valence-corrected chi connectivity index (χ0v) is 10.7. The van der Waals surface area contributed by atoms with E-state index in [1.165, 1.54) is 39.4 Å². The molecule has 100 valence electrons. The van der Waals surface area contributed by atoms with E-state index in [1.807, 2.05) is 0 Å². The van der Waals surface area contributed by atoms with Crippen LogP contribution in [0.25, 0.3) is 0 Å². The third-order valence-electron chi connectivity index (χ3n) is 2.96. The second-order valence-electron chi connectivity index (χ2n) is 4.30. The molecule has 0 bridgehead atoms. The summed E-state index contributed by atoms with van der Waals surface area (Å²) in [6, 6.07) is 2.89. The van der Waals surface area contributed by atoms with Crippen LogP contribution in [0, 0.1) is 5.41 Å². The van der Waals surface area contributed by atoms with E-state index in [4.69, 9.17) is 4.42 Å². The first-order valence-corrected chi connectivity index (χ1v) is 5.25. The number of furan rings is 1. The number of methoxy groups -OCH3 is 2. The van der Waals surface area contributed by atoms with Gasteiger partial charge in [-0.05, 0) is 26.0 Å². The van der Waals surface area contributed by atoms with E-state index in [-0.39, 0.29) is 5.76 Å². The van der Waals surface area contributed by atoms with E-state index in [0.29, 0.717) is 0 Å². The fourth-order valence-corrected chi connectivity index (χ4v) is 1.70. The van der Waals surface area contributed by atoms with Gasteiger partial charge in [-0.15, -0.1) is 0 Å². The Bertz CT molecular complexity index is 433. The van der Waals surface area contributed by atoms with E-state index in [2.05, 4.69) is 9.47 Å². The normalized spacial score (nSPS) is 14.7. The van der Waals surface area contributed by atoms with Crippen molar-refractivity contribution >= 4 is 11.9 Å². The van der Waals surface area contributed by atoms with Crippen molar-refractivity contribution in [2.24, 2.45) is 5.41 Å². The fraction of sp³-hybridized carbons (Fsp3) is 0.500. The topological polar surface area (TPSA) is 86.0 Å². The molecule has 0 fully saturated rings. The van der Waals surface area contributed by atoms with Gasteiger partial charge in [-0.2, -0.15) is 0 Å². The van der Waals surface area contributed by atoms with E-state index in [1.54, 1.807) is 0 Å². The molecule has 0 aliphatic carbocycles. The Morgan fingerprint density at radius 3 is 2.17 bits per heavy atom. The van der Waals surface area contributed by atoms with Gasteiger partial charge in [-0.25, -0.2) is 4.79 Å². The number of carbonyl (C=O) groups is 2. The van der Waals surface area contributed by atoms with Crippen molar-refractivity contribution in [2.45, 2.75) is 19.4 Å². The van der Waals surface area contributed by atoms with Crippen LogP contribution in [0.1, 0.15) is 19.6 Å². The van der Waals surface area contributed by atoms with Gasteiger partial charge in [0.25, 0.3) is 0 Å². The predicted molar refractivity (Wildman–Crippen MR) is 60.4 cm³/mol. The molecule has 1 N–H and O–H groups in total. The van der Waals surface area contributed by atoms with E-state index in [0.717, 1.165) is 7.11 Å². The van der Waals surface area contributed by atoms with Gasteiger partial charge in [0.15, 0.2) is 0 Å². The number of hydrogen-bond acceptors (Lipinski definition) is 6. The van der Waals surface area contributed by atoms with E-state index < -0.39 is 23.0 Å². The molecule has 0 aromatic carbocycles. The molecule has 0 saturated carbocycles. The number of ether oxygens (including phenoxy) is 2. The molecule has 1 heterocycles. The zero-order chi connectivity index (χ0) is 14.0. The number of aliphatic hydroxyl groups is 1. The lowest BCUT2D eigenvalue weighted by molar-refractivity contribution is -0.194. The van der Waals surface area contributed by atoms with Crippen LogP contribution in [0.4, 0.5) is 0 Å².